The highest BCUT2D eigenvalue weighted by atomic mass is 35.5. The summed E-state index contributed by atoms with van der Waals surface area (Å²) in [5, 5.41) is 4.67. The molecule has 0 unspecified atom stereocenters. The van der Waals surface area contributed by atoms with E-state index in [1.54, 1.807) is 30.3 Å². The number of halogens is 8. The summed E-state index contributed by atoms with van der Waals surface area (Å²) in [5.74, 6) is -5.62. The number of alkyl halides is 6. The minimum absolute atomic E-state index is 0.0169. The van der Waals surface area contributed by atoms with Crippen molar-refractivity contribution in [2.45, 2.75) is 30.4 Å². The first-order valence-electron chi connectivity index (χ1n) is 11.5. The van der Waals surface area contributed by atoms with Crippen LogP contribution in [0.4, 0.5) is 35.5 Å². The van der Waals surface area contributed by atoms with Gasteiger partial charge in [0.1, 0.15) is 23.7 Å². The summed E-state index contributed by atoms with van der Waals surface area (Å²) >= 11 is 5.96. The standard InChI is InChI=1S/C26H23ClF7N3O3/c1-39-15-24(31,32)14-36-23(38)37-25(12-16-5-3-2-4-6-16,21-8-7-18(27)13-35-21)17-9-19(28)11-20(10-17)40-26(33,34)22(29)30/h2-11,13,22H,12,14-15H2,1H3,(H2,36,37,38)/t25-/m0/s1. The summed E-state index contributed by atoms with van der Waals surface area (Å²) in [6, 6.07) is 11.9. The zero-order chi connectivity index (χ0) is 29.6. The summed E-state index contributed by atoms with van der Waals surface area (Å²) in [6.07, 6.45) is -8.24. The Hall–Kier alpha value is -3.58. The number of hydrogen-bond acceptors (Lipinski definition) is 4. The van der Waals surface area contributed by atoms with Gasteiger partial charge in [-0.25, -0.2) is 18.0 Å². The van der Waals surface area contributed by atoms with Crippen molar-refractivity contribution in [1.29, 1.82) is 0 Å². The summed E-state index contributed by atoms with van der Waals surface area (Å²) < 4.78 is 104. The lowest BCUT2D eigenvalue weighted by Crippen LogP contribution is -2.54. The molecule has 6 nitrogen and oxygen atoms in total. The molecule has 2 amide bonds. The van der Waals surface area contributed by atoms with Crippen LogP contribution in [0, 0.1) is 5.82 Å². The maximum absolute atomic E-state index is 14.8. The topological polar surface area (TPSA) is 72.5 Å². The monoisotopic (exact) mass is 593 g/mol. The van der Waals surface area contributed by atoms with Gasteiger partial charge < -0.3 is 20.1 Å². The van der Waals surface area contributed by atoms with Crippen molar-refractivity contribution in [3.63, 3.8) is 0 Å². The number of aromatic nitrogens is 1. The third-order valence-corrected chi connectivity index (χ3v) is 5.76. The van der Waals surface area contributed by atoms with Crippen LogP contribution in [-0.2, 0) is 16.7 Å². The molecule has 0 fully saturated rings. The van der Waals surface area contributed by atoms with E-state index in [0.29, 0.717) is 11.6 Å². The number of carbonyl (C=O) groups excluding carboxylic acids is 1. The van der Waals surface area contributed by atoms with E-state index in [9.17, 15) is 35.5 Å². The summed E-state index contributed by atoms with van der Waals surface area (Å²) in [6.45, 7) is -2.15. The van der Waals surface area contributed by atoms with Crippen molar-refractivity contribution in [2.75, 3.05) is 20.3 Å². The average molecular weight is 594 g/mol. The number of benzene rings is 2. The summed E-state index contributed by atoms with van der Waals surface area (Å²) in [4.78, 5) is 17.2. The predicted octanol–water partition coefficient (Wildman–Crippen LogP) is 6.18. The van der Waals surface area contributed by atoms with Crippen molar-refractivity contribution in [1.82, 2.24) is 15.6 Å². The van der Waals surface area contributed by atoms with Gasteiger partial charge in [-0.15, -0.1) is 0 Å². The van der Waals surface area contributed by atoms with Gasteiger partial charge in [-0.05, 0) is 35.4 Å². The molecule has 0 aliphatic rings. The predicted molar refractivity (Wildman–Crippen MR) is 132 cm³/mol. The van der Waals surface area contributed by atoms with Crippen molar-refractivity contribution in [3.8, 4) is 5.75 Å². The molecule has 1 heterocycles. The van der Waals surface area contributed by atoms with Gasteiger partial charge >= 0.3 is 18.6 Å². The Morgan fingerprint density at radius 3 is 2.35 bits per heavy atom. The van der Waals surface area contributed by atoms with Crippen LogP contribution in [0.2, 0.25) is 5.02 Å². The van der Waals surface area contributed by atoms with E-state index in [-0.39, 0.29) is 22.7 Å². The van der Waals surface area contributed by atoms with Crippen molar-refractivity contribution < 1.29 is 45.0 Å². The largest absolute Gasteiger partial charge is 0.461 e. The number of carbonyl (C=O) groups is 1. The lowest BCUT2D eigenvalue weighted by molar-refractivity contribution is -0.253. The lowest BCUT2D eigenvalue weighted by atomic mass is 9.80. The number of pyridine rings is 1. The van der Waals surface area contributed by atoms with E-state index < -0.39 is 54.7 Å². The van der Waals surface area contributed by atoms with Gasteiger partial charge in [-0.2, -0.15) is 17.6 Å². The normalized spacial score (nSPS) is 13.6. The number of methoxy groups -OCH3 is 1. The molecule has 0 aliphatic carbocycles. The quantitative estimate of drug-likeness (QED) is 0.246. The van der Waals surface area contributed by atoms with Gasteiger partial charge in [-0.3, -0.25) is 4.98 Å². The van der Waals surface area contributed by atoms with E-state index in [1.807, 2.05) is 5.32 Å². The molecule has 0 spiro atoms. The van der Waals surface area contributed by atoms with Crippen molar-refractivity contribution >= 4 is 17.6 Å². The Morgan fingerprint density at radius 1 is 1.05 bits per heavy atom. The van der Waals surface area contributed by atoms with E-state index in [4.69, 9.17) is 11.6 Å². The SMILES string of the molecule is COCC(F)(F)CNC(=O)N[C@@](Cc1ccccc1)(c1cc(F)cc(OC(F)(F)C(F)F)c1)c1ccc(Cl)cn1. The van der Waals surface area contributed by atoms with Crippen molar-refractivity contribution in [2.24, 2.45) is 0 Å². The molecule has 216 valence electrons. The van der Waals surface area contributed by atoms with Crippen LogP contribution in [0.1, 0.15) is 16.8 Å². The molecular formula is C26H23ClF7N3O3. The first-order valence-corrected chi connectivity index (χ1v) is 11.9. The average Bonchev–Trinajstić information content (AvgIpc) is 2.87. The highest BCUT2D eigenvalue weighted by molar-refractivity contribution is 6.30. The fourth-order valence-corrected chi connectivity index (χ4v) is 3.94. The van der Waals surface area contributed by atoms with E-state index >= 15 is 0 Å². The molecule has 1 atom stereocenters. The lowest BCUT2D eigenvalue weighted by Gasteiger charge is -2.36. The van der Waals surface area contributed by atoms with E-state index in [2.05, 4.69) is 19.8 Å². The van der Waals surface area contributed by atoms with Crippen LogP contribution in [0.3, 0.4) is 0 Å². The highest BCUT2D eigenvalue weighted by Gasteiger charge is 2.45. The zero-order valence-corrected chi connectivity index (χ0v) is 21.5. The molecule has 3 rings (SSSR count). The summed E-state index contributed by atoms with van der Waals surface area (Å²) in [7, 11) is 1.05. The second kappa shape index (κ2) is 12.7. The molecule has 1 aromatic heterocycles. The van der Waals surface area contributed by atoms with Crippen LogP contribution in [0.15, 0.2) is 66.9 Å². The van der Waals surface area contributed by atoms with E-state index in [1.165, 1.54) is 18.3 Å². The first-order chi connectivity index (χ1) is 18.8. The van der Waals surface area contributed by atoms with Gasteiger partial charge in [0.25, 0.3) is 5.92 Å². The number of rotatable bonds is 12. The number of nitrogens with zero attached hydrogens (tertiary/aromatic N) is 1. The smallest absolute Gasteiger partial charge is 0.428 e. The molecule has 0 bridgehead atoms. The maximum atomic E-state index is 14.8. The number of nitrogens with one attached hydrogen (secondary N) is 2. The van der Waals surface area contributed by atoms with Crippen LogP contribution < -0.4 is 15.4 Å². The Balaban J connectivity index is 2.18. The van der Waals surface area contributed by atoms with Crippen LogP contribution in [-0.4, -0.2) is 49.7 Å². The second-order valence-corrected chi connectivity index (χ2v) is 9.10. The Labute approximate surface area is 229 Å². The van der Waals surface area contributed by atoms with Gasteiger partial charge in [0.05, 0.1) is 17.3 Å². The third kappa shape index (κ3) is 7.98. The van der Waals surface area contributed by atoms with Crippen LogP contribution >= 0.6 is 11.6 Å². The van der Waals surface area contributed by atoms with Gasteiger partial charge in [0.15, 0.2) is 0 Å². The van der Waals surface area contributed by atoms with Crippen molar-refractivity contribution in [3.05, 3.63) is 94.5 Å². The molecule has 0 aliphatic heterocycles. The van der Waals surface area contributed by atoms with Crippen LogP contribution in [0.5, 0.6) is 5.75 Å². The number of urea groups is 1. The maximum Gasteiger partial charge on any atom is 0.461 e. The molecular weight excluding hydrogens is 571 g/mol. The second-order valence-electron chi connectivity index (χ2n) is 8.67. The molecule has 3 aromatic rings. The Kier molecular flexibility index (Phi) is 9.85. The first kappa shape index (κ1) is 31.0. The third-order valence-electron chi connectivity index (χ3n) is 5.54. The number of amides is 2. The fraction of sp³-hybridized carbons (Fsp3) is 0.308. The molecule has 0 saturated heterocycles. The number of hydrogen-bond donors (Lipinski definition) is 2. The van der Waals surface area contributed by atoms with Gasteiger partial charge in [0.2, 0.25) is 0 Å². The minimum atomic E-state index is -4.97. The molecule has 14 heteroatoms. The van der Waals surface area contributed by atoms with E-state index in [0.717, 1.165) is 19.2 Å². The van der Waals surface area contributed by atoms with Crippen LogP contribution in [0.25, 0.3) is 0 Å². The Morgan fingerprint density at radius 2 is 1.75 bits per heavy atom. The molecule has 0 saturated carbocycles. The molecule has 0 radical (unpaired) electrons. The zero-order valence-electron chi connectivity index (χ0n) is 20.7. The minimum Gasteiger partial charge on any atom is -0.428 e. The molecule has 2 aromatic carbocycles. The molecule has 2 N–H and O–H groups in total. The fourth-order valence-electron chi connectivity index (χ4n) is 3.83. The Bertz CT molecular complexity index is 1280. The summed E-state index contributed by atoms with van der Waals surface area (Å²) in [5.41, 5.74) is -1.72. The number of ether oxygens (including phenoxy) is 2. The molecule has 40 heavy (non-hydrogen) atoms. The highest BCUT2D eigenvalue weighted by Crippen LogP contribution is 2.37. The van der Waals surface area contributed by atoms with Gasteiger partial charge in [0, 0.05) is 25.8 Å². The van der Waals surface area contributed by atoms with Gasteiger partial charge in [-0.1, -0.05) is 41.9 Å².